The van der Waals surface area contributed by atoms with Crippen LogP contribution in [0.1, 0.15) is 39.3 Å². The molecule has 1 aromatic carbocycles. The van der Waals surface area contributed by atoms with Crippen molar-refractivity contribution in [3.63, 3.8) is 0 Å². The van der Waals surface area contributed by atoms with Crippen molar-refractivity contribution >= 4 is 25.2 Å². The molecule has 0 radical (unpaired) electrons. The third-order valence-corrected chi connectivity index (χ3v) is 6.31. The SMILES string of the molecule is CC(c1cccc2ncn(COCC[Si](C)(C)C)c12)N(C)C(=O)OC(C)(C)C. The van der Waals surface area contributed by atoms with Gasteiger partial charge in [0.25, 0.3) is 0 Å². The summed E-state index contributed by atoms with van der Waals surface area (Å²) in [5.41, 5.74) is 2.40. The highest BCUT2D eigenvalue weighted by molar-refractivity contribution is 6.76. The summed E-state index contributed by atoms with van der Waals surface area (Å²) in [6.45, 7) is 15.9. The van der Waals surface area contributed by atoms with Gasteiger partial charge in [-0.15, -0.1) is 0 Å². The monoisotopic (exact) mass is 405 g/mol. The minimum Gasteiger partial charge on any atom is -0.444 e. The van der Waals surface area contributed by atoms with Gasteiger partial charge < -0.3 is 18.9 Å². The van der Waals surface area contributed by atoms with Crippen molar-refractivity contribution in [2.45, 2.75) is 71.8 Å². The van der Waals surface area contributed by atoms with E-state index in [1.54, 1.807) is 11.9 Å². The molecule has 0 fully saturated rings. The smallest absolute Gasteiger partial charge is 0.410 e. The van der Waals surface area contributed by atoms with Crippen molar-refractivity contribution < 1.29 is 14.3 Å². The molecular weight excluding hydrogens is 370 g/mol. The Morgan fingerprint density at radius 2 is 1.96 bits per heavy atom. The second kappa shape index (κ2) is 8.65. The zero-order chi connectivity index (χ0) is 21.1. The fraction of sp³-hybridized carbons (Fsp3) is 0.619. The van der Waals surface area contributed by atoms with Crippen molar-refractivity contribution in [1.29, 1.82) is 0 Å². The quantitative estimate of drug-likeness (QED) is 0.465. The van der Waals surface area contributed by atoms with Gasteiger partial charge in [-0.2, -0.15) is 0 Å². The first-order valence-corrected chi connectivity index (χ1v) is 13.6. The van der Waals surface area contributed by atoms with Crippen molar-refractivity contribution in [2.24, 2.45) is 0 Å². The van der Waals surface area contributed by atoms with Gasteiger partial charge in [-0.3, -0.25) is 0 Å². The standard InChI is InChI=1S/C21H35N3O3Si/c1-16(23(5)20(25)27-21(2,3)4)17-10-9-11-18-19(17)24(14-22-18)15-26-12-13-28(6,7)8/h9-11,14,16H,12-13,15H2,1-8H3. The first kappa shape index (κ1) is 22.4. The highest BCUT2D eigenvalue weighted by Gasteiger charge is 2.25. The largest absolute Gasteiger partial charge is 0.444 e. The van der Waals surface area contributed by atoms with Crippen molar-refractivity contribution in [1.82, 2.24) is 14.5 Å². The number of amides is 1. The van der Waals surface area contributed by atoms with Crippen LogP contribution in [0.2, 0.25) is 25.7 Å². The van der Waals surface area contributed by atoms with E-state index in [0.29, 0.717) is 6.73 Å². The number of rotatable bonds is 7. The molecule has 6 nitrogen and oxygen atoms in total. The van der Waals surface area contributed by atoms with Crippen LogP contribution in [-0.2, 0) is 16.2 Å². The van der Waals surface area contributed by atoms with Gasteiger partial charge in [0.05, 0.1) is 23.4 Å². The molecule has 2 rings (SSSR count). The number of benzene rings is 1. The third-order valence-electron chi connectivity index (χ3n) is 4.61. The van der Waals surface area contributed by atoms with Gasteiger partial charge in [0, 0.05) is 27.3 Å². The number of aromatic nitrogens is 2. The van der Waals surface area contributed by atoms with Crippen LogP contribution in [0.15, 0.2) is 24.5 Å². The Kier molecular flexibility index (Phi) is 6.93. The van der Waals surface area contributed by atoms with Crippen LogP contribution in [-0.4, -0.2) is 47.9 Å². The lowest BCUT2D eigenvalue weighted by Crippen LogP contribution is -2.35. The summed E-state index contributed by atoms with van der Waals surface area (Å²) in [6.07, 6.45) is 1.47. The first-order chi connectivity index (χ1) is 12.9. The maximum Gasteiger partial charge on any atom is 0.410 e. The number of imidazole rings is 1. The summed E-state index contributed by atoms with van der Waals surface area (Å²) in [6, 6.07) is 6.97. The van der Waals surface area contributed by atoms with Gasteiger partial charge in [0.1, 0.15) is 12.3 Å². The van der Waals surface area contributed by atoms with E-state index in [1.807, 2.05) is 56.8 Å². The molecule has 0 saturated heterocycles. The van der Waals surface area contributed by atoms with Crippen LogP contribution in [0.5, 0.6) is 0 Å². The Balaban J connectivity index is 2.20. The van der Waals surface area contributed by atoms with E-state index in [0.717, 1.165) is 29.2 Å². The fourth-order valence-corrected chi connectivity index (χ4v) is 3.59. The predicted octanol–water partition coefficient (Wildman–Crippen LogP) is 5.28. The van der Waals surface area contributed by atoms with E-state index in [-0.39, 0.29) is 12.1 Å². The molecule has 0 aliphatic carbocycles. The van der Waals surface area contributed by atoms with Crippen LogP contribution >= 0.6 is 0 Å². The fourth-order valence-electron chi connectivity index (χ4n) is 2.83. The molecule has 2 aromatic rings. The normalized spacial score (nSPS) is 13.6. The van der Waals surface area contributed by atoms with Gasteiger partial charge in [0.15, 0.2) is 0 Å². The molecule has 0 N–H and O–H groups in total. The highest BCUT2D eigenvalue weighted by Crippen LogP contribution is 2.28. The third kappa shape index (κ3) is 6.07. The Labute approximate surface area is 169 Å². The zero-order valence-electron chi connectivity index (χ0n) is 18.6. The van der Waals surface area contributed by atoms with Crippen LogP contribution in [0.4, 0.5) is 4.79 Å². The average molecular weight is 406 g/mol. The van der Waals surface area contributed by atoms with E-state index in [9.17, 15) is 4.79 Å². The molecule has 1 heterocycles. The molecule has 0 aliphatic heterocycles. The topological polar surface area (TPSA) is 56.6 Å². The summed E-state index contributed by atoms with van der Waals surface area (Å²) in [7, 11) is 0.650. The van der Waals surface area contributed by atoms with E-state index >= 15 is 0 Å². The number of hydrogen-bond acceptors (Lipinski definition) is 4. The van der Waals surface area contributed by atoms with Gasteiger partial charge in [-0.25, -0.2) is 9.78 Å². The van der Waals surface area contributed by atoms with Crippen LogP contribution in [0, 0.1) is 0 Å². The summed E-state index contributed by atoms with van der Waals surface area (Å²) in [4.78, 5) is 18.6. The number of carbonyl (C=O) groups excluding carboxylic acids is 1. The molecule has 0 spiro atoms. The highest BCUT2D eigenvalue weighted by atomic mass is 28.3. The second-order valence-electron chi connectivity index (χ2n) is 9.54. The molecule has 7 heteroatoms. The zero-order valence-corrected chi connectivity index (χ0v) is 19.6. The van der Waals surface area contributed by atoms with E-state index in [2.05, 4.69) is 24.6 Å². The number of nitrogens with zero attached hydrogens (tertiary/aromatic N) is 3. The molecule has 1 unspecified atom stereocenters. The maximum absolute atomic E-state index is 12.5. The first-order valence-electron chi connectivity index (χ1n) is 9.86. The Morgan fingerprint density at radius 3 is 2.57 bits per heavy atom. The lowest BCUT2D eigenvalue weighted by atomic mass is 10.1. The van der Waals surface area contributed by atoms with E-state index in [4.69, 9.17) is 9.47 Å². The predicted molar refractivity (Wildman–Crippen MR) is 116 cm³/mol. The van der Waals surface area contributed by atoms with Crippen molar-refractivity contribution in [3.8, 4) is 0 Å². The Bertz CT molecular complexity index is 805. The number of carbonyl (C=O) groups is 1. The molecule has 156 valence electrons. The average Bonchev–Trinajstić information content (AvgIpc) is 2.98. The van der Waals surface area contributed by atoms with Crippen LogP contribution in [0.3, 0.4) is 0 Å². The van der Waals surface area contributed by atoms with E-state index in [1.165, 1.54) is 0 Å². The molecule has 0 saturated carbocycles. The number of fused-ring (bicyclic) bond motifs is 1. The van der Waals surface area contributed by atoms with Crippen LogP contribution < -0.4 is 0 Å². The van der Waals surface area contributed by atoms with Gasteiger partial charge >= 0.3 is 6.09 Å². The second-order valence-corrected chi connectivity index (χ2v) is 15.2. The lowest BCUT2D eigenvalue weighted by Gasteiger charge is -2.29. The molecule has 1 aromatic heterocycles. The van der Waals surface area contributed by atoms with Crippen molar-refractivity contribution in [3.05, 3.63) is 30.1 Å². The van der Waals surface area contributed by atoms with Gasteiger partial charge in [-0.05, 0) is 39.8 Å². The molecule has 0 bridgehead atoms. The molecule has 28 heavy (non-hydrogen) atoms. The molecule has 1 amide bonds. The number of ether oxygens (including phenoxy) is 2. The molecule has 1 atom stereocenters. The van der Waals surface area contributed by atoms with Crippen molar-refractivity contribution in [2.75, 3.05) is 13.7 Å². The van der Waals surface area contributed by atoms with Gasteiger partial charge in [-0.1, -0.05) is 31.8 Å². The minimum atomic E-state index is -1.12. The Hall–Kier alpha value is -1.86. The van der Waals surface area contributed by atoms with E-state index < -0.39 is 13.7 Å². The Morgan fingerprint density at radius 1 is 1.29 bits per heavy atom. The summed E-state index contributed by atoms with van der Waals surface area (Å²) < 4.78 is 13.5. The summed E-state index contributed by atoms with van der Waals surface area (Å²) in [5, 5.41) is 0. The van der Waals surface area contributed by atoms with Crippen LogP contribution in [0.25, 0.3) is 11.0 Å². The lowest BCUT2D eigenvalue weighted by molar-refractivity contribution is 0.0234. The molecule has 0 aliphatic rings. The maximum atomic E-state index is 12.5. The minimum absolute atomic E-state index is 0.156. The number of para-hydroxylation sites is 1. The molecular formula is C21H35N3O3Si. The summed E-state index contributed by atoms with van der Waals surface area (Å²) >= 11 is 0. The summed E-state index contributed by atoms with van der Waals surface area (Å²) in [5.74, 6) is 0. The number of hydrogen-bond donors (Lipinski definition) is 0. The van der Waals surface area contributed by atoms with Gasteiger partial charge in [0.2, 0.25) is 0 Å².